The molecule has 1 aliphatic heterocycles. The van der Waals surface area contributed by atoms with Crippen LogP contribution in [0.15, 0.2) is 18.2 Å². The molecule has 0 atom stereocenters. The number of amides is 1. The van der Waals surface area contributed by atoms with Gasteiger partial charge in [-0.05, 0) is 43.4 Å². The molecule has 1 fully saturated rings. The molecular formula is C15H17NO5. The first-order valence-corrected chi connectivity index (χ1v) is 7.02. The first-order chi connectivity index (χ1) is 10.1. The summed E-state index contributed by atoms with van der Waals surface area (Å²) >= 11 is 0. The predicted octanol–water partition coefficient (Wildman–Crippen LogP) is 1.47. The zero-order chi connectivity index (χ0) is 14.9. The van der Waals surface area contributed by atoms with Gasteiger partial charge in [-0.3, -0.25) is 4.79 Å². The number of carbonyl (C=O) groups excluding carboxylic acids is 1. The average molecular weight is 291 g/mol. The third-order valence-corrected chi connectivity index (χ3v) is 4.07. The van der Waals surface area contributed by atoms with Gasteiger partial charge in [0.2, 0.25) is 12.7 Å². The summed E-state index contributed by atoms with van der Waals surface area (Å²) in [6.07, 6.45) is 2.66. The van der Waals surface area contributed by atoms with Gasteiger partial charge in [-0.2, -0.15) is 0 Å². The Balaban J connectivity index is 1.55. The minimum atomic E-state index is -1.04. The molecule has 21 heavy (non-hydrogen) atoms. The monoisotopic (exact) mass is 291 g/mol. The number of hydrogen-bond donors (Lipinski definition) is 2. The number of carboxylic acid groups (broad SMARTS) is 1. The van der Waals surface area contributed by atoms with Crippen LogP contribution in [0.1, 0.15) is 31.2 Å². The molecule has 0 saturated heterocycles. The molecule has 1 aromatic rings. The van der Waals surface area contributed by atoms with Crippen LogP contribution in [0, 0.1) is 0 Å². The van der Waals surface area contributed by atoms with Crippen LogP contribution < -0.4 is 14.8 Å². The molecule has 1 aliphatic carbocycles. The van der Waals surface area contributed by atoms with Crippen molar-refractivity contribution in [2.24, 2.45) is 0 Å². The van der Waals surface area contributed by atoms with Crippen LogP contribution in [0.4, 0.5) is 0 Å². The van der Waals surface area contributed by atoms with Crippen LogP contribution in [-0.2, 0) is 16.0 Å². The molecule has 1 aromatic carbocycles. The van der Waals surface area contributed by atoms with Gasteiger partial charge in [0, 0.05) is 6.42 Å². The van der Waals surface area contributed by atoms with Crippen molar-refractivity contribution in [2.75, 3.05) is 6.79 Å². The maximum atomic E-state index is 11.9. The summed E-state index contributed by atoms with van der Waals surface area (Å²) < 4.78 is 10.5. The molecular weight excluding hydrogens is 274 g/mol. The summed E-state index contributed by atoms with van der Waals surface area (Å²) in [5.74, 6) is 0.233. The molecule has 1 heterocycles. The Bertz CT molecular complexity index is 579. The summed E-state index contributed by atoms with van der Waals surface area (Å²) in [5.41, 5.74) is -0.0706. The second kappa shape index (κ2) is 5.27. The summed E-state index contributed by atoms with van der Waals surface area (Å²) in [5, 5.41) is 11.8. The largest absolute Gasteiger partial charge is 0.480 e. The van der Waals surface area contributed by atoms with E-state index in [0.717, 1.165) is 12.0 Å². The zero-order valence-electron chi connectivity index (χ0n) is 11.6. The van der Waals surface area contributed by atoms with Crippen molar-refractivity contribution in [3.05, 3.63) is 23.8 Å². The molecule has 0 unspecified atom stereocenters. The number of nitrogens with one attached hydrogen (secondary N) is 1. The quantitative estimate of drug-likeness (QED) is 0.858. The van der Waals surface area contributed by atoms with Gasteiger partial charge in [-0.25, -0.2) is 4.79 Å². The smallest absolute Gasteiger partial charge is 0.329 e. The van der Waals surface area contributed by atoms with Crippen molar-refractivity contribution >= 4 is 11.9 Å². The van der Waals surface area contributed by atoms with Crippen LogP contribution in [-0.4, -0.2) is 29.3 Å². The third-order valence-electron chi connectivity index (χ3n) is 4.07. The third kappa shape index (κ3) is 2.66. The molecule has 6 nitrogen and oxygen atoms in total. The number of aryl methyl sites for hydroxylation is 1. The van der Waals surface area contributed by atoms with Crippen LogP contribution in [0.3, 0.4) is 0 Å². The van der Waals surface area contributed by atoms with E-state index in [2.05, 4.69) is 5.32 Å². The molecule has 0 aromatic heterocycles. The van der Waals surface area contributed by atoms with Crippen LogP contribution >= 0.6 is 0 Å². The summed E-state index contributed by atoms with van der Waals surface area (Å²) in [4.78, 5) is 23.1. The second-order valence-corrected chi connectivity index (χ2v) is 5.48. The molecule has 1 saturated carbocycles. The van der Waals surface area contributed by atoms with Crippen molar-refractivity contribution in [1.29, 1.82) is 0 Å². The number of aliphatic carboxylic acids is 1. The highest BCUT2D eigenvalue weighted by molar-refractivity contribution is 5.87. The Hall–Kier alpha value is -2.24. The van der Waals surface area contributed by atoms with Crippen molar-refractivity contribution in [2.45, 2.75) is 37.6 Å². The Kier molecular flexibility index (Phi) is 3.45. The Morgan fingerprint density at radius 1 is 1.24 bits per heavy atom. The van der Waals surface area contributed by atoms with Gasteiger partial charge in [0.25, 0.3) is 0 Å². The minimum Gasteiger partial charge on any atom is -0.480 e. The highest BCUT2D eigenvalue weighted by Gasteiger charge is 2.45. The highest BCUT2D eigenvalue weighted by atomic mass is 16.7. The van der Waals surface area contributed by atoms with Gasteiger partial charge in [0.05, 0.1) is 0 Å². The summed E-state index contributed by atoms with van der Waals surface area (Å²) in [7, 11) is 0. The molecule has 2 N–H and O–H groups in total. The lowest BCUT2D eigenvalue weighted by Gasteiger charge is -2.38. The van der Waals surface area contributed by atoms with Crippen molar-refractivity contribution in [3.8, 4) is 11.5 Å². The topological polar surface area (TPSA) is 84.9 Å². The maximum absolute atomic E-state index is 11.9. The predicted molar refractivity (Wildman–Crippen MR) is 73.2 cm³/mol. The van der Waals surface area contributed by atoms with E-state index in [4.69, 9.17) is 9.47 Å². The lowest BCUT2D eigenvalue weighted by atomic mass is 9.76. The molecule has 112 valence electrons. The lowest BCUT2D eigenvalue weighted by molar-refractivity contribution is -0.151. The van der Waals surface area contributed by atoms with Gasteiger partial charge in [-0.15, -0.1) is 0 Å². The fourth-order valence-electron chi connectivity index (χ4n) is 2.61. The van der Waals surface area contributed by atoms with Crippen molar-refractivity contribution < 1.29 is 24.2 Å². The number of carbonyl (C=O) groups is 2. The molecule has 1 amide bonds. The first kappa shape index (κ1) is 13.7. The summed E-state index contributed by atoms with van der Waals surface area (Å²) in [6.45, 7) is 0.223. The van der Waals surface area contributed by atoms with Crippen molar-refractivity contribution in [1.82, 2.24) is 5.32 Å². The molecule has 3 rings (SSSR count). The number of carboxylic acids is 1. The minimum absolute atomic E-state index is 0.223. The maximum Gasteiger partial charge on any atom is 0.329 e. The molecule has 6 heteroatoms. The normalized spacial score (nSPS) is 17.9. The lowest BCUT2D eigenvalue weighted by Crippen LogP contribution is -2.59. The van der Waals surface area contributed by atoms with E-state index < -0.39 is 11.5 Å². The molecule has 0 spiro atoms. The SMILES string of the molecule is O=C(CCc1ccc2c(c1)OCO2)NC1(C(=O)O)CCC1. The van der Waals surface area contributed by atoms with E-state index in [0.29, 0.717) is 30.8 Å². The molecule has 0 bridgehead atoms. The van der Waals surface area contributed by atoms with E-state index in [-0.39, 0.29) is 19.1 Å². The fraction of sp³-hybridized carbons (Fsp3) is 0.467. The Morgan fingerprint density at radius 2 is 2.00 bits per heavy atom. The zero-order valence-corrected chi connectivity index (χ0v) is 11.6. The average Bonchev–Trinajstić information content (AvgIpc) is 2.87. The first-order valence-electron chi connectivity index (χ1n) is 7.02. The Labute approximate surface area is 122 Å². The second-order valence-electron chi connectivity index (χ2n) is 5.48. The van der Waals surface area contributed by atoms with Gasteiger partial charge < -0.3 is 19.9 Å². The summed E-state index contributed by atoms with van der Waals surface area (Å²) in [6, 6.07) is 5.56. The highest BCUT2D eigenvalue weighted by Crippen LogP contribution is 2.33. The number of fused-ring (bicyclic) bond motifs is 1. The molecule has 0 radical (unpaired) electrons. The Morgan fingerprint density at radius 3 is 2.67 bits per heavy atom. The van der Waals surface area contributed by atoms with Gasteiger partial charge in [0.15, 0.2) is 11.5 Å². The number of rotatable bonds is 5. The van der Waals surface area contributed by atoms with Gasteiger partial charge in [-0.1, -0.05) is 6.07 Å². The van der Waals surface area contributed by atoms with E-state index in [1.807, 2.05) is 18.2 Å². The van der Waals surface area contributed by atoms with E-state index in [1.54, 1.807) is 0 Å². The van der Waals surface area contributed by atoms with Gasteiger partial charge in [0.1, 0.15) is 5.54 Å². The van der Waals surface area contributed by atoms with E-state index in [1.165, 1.54) is 0 Å². The van der Waals surface area contributed by atoms with Crippen LogP contribution in [0.5, 0.6) is 11.5 Å². The number of benzene rings is 1. The number of hydrogen-bond acceptors (Lipinski definition) is 4. The van der Waals surface area contributed by atoms with Crippen LogP contribution in [0.25, 0.3) is 0 Å². The van der Waals surface area contributed by atoms with E-state index >= 15 is 0 Å². The fourth-order valence-corrected chi connectivity index (χ4v) is 2.61. The standard InChI is InChI=1S/C15H17NO5/c17-13(16-15(14(18)19)6-1-7-15)5-3-10-2-4-11-12(8-10)21-9-20-11/h2,4,8H,1,3,5-7,9H2,(H,16,17)(H,18,19). The number of ether oxygens (including phenoxy) is 2. The molecule has 2 aliphatic rings. The van der Waals surface area contributed by atoms with Crippen molar-refractivity contribution in [3.63, 3.8) is 0 Å². The van der Waals surface area contributed by atoms with Gasteiger partial charge >= 0.3 is 5.97 Å². The van der Waals surface area contributed by atoms with Crippen LogP contribution in [0.2, 0.25) is 0 Å². The van der Waals surface area contributed by atoms with E-state index in [9.17, 15) is 14.7 Å².